The van der Waals surface area contributed by atoms with Crippen LogP contribution in [-0.2, 0) is 6.42 Å². The zero-order valence-corrected chi connectivity index (χ0v) is 13.4. The average molecular weight is 308 g/mol. The smallest absolute Gasteiger partial charge is 0.243 e. The van der Waals surface area contributed by atoms with Crippen LogP contribution in [0.3, 0.4) is 0 Å². The molecule has 3 heterocycles. The molecule has 1 aliphatic rings. The van der Waals surface area contributed by atoms with Gasteiger partial charge in [-0.05, 0) is 13.8 Å². The zero-order chi connectivity index (χ0) is 14.8. The first kappa shape index (κ1) is 14.4. The molecule has 0 saturated carbocycles. The fourth-order valence-corrected chi connectivity index (χ4v) is 3.26. The minimum absolute atomic E-state index is 0.161. The molecule has 1 aliphatic heterocycles. The molecule has 1 fully saturated rings. The highest BCUT2D eigenvalue weighted by atomic mass is 32.1. The summed E-state index contributed by atoms with van der Waals surface area (Å²) in [6.07, 6.45) is 0.893. The molecule has 8 heteroatoms. The highest BCUT2D eigenvalue weighted by Gasteiger charge is 2.26. The van der Waals surface area contributed by atoms with Gasteiger partial charge in [0.1, 0.15) is 5.82 Å². The normalized spacial score (nSPS) is 18.1. The van der Waals surface area contributed by atoms with Gasteiger partial charge in [-0.2, -0.15) is 9.36 Å². The average Bonchev–Trinajstić information content (AvgIpc) is 3.15. The van der Waals surface area contributed by atoms with Crippen molar-refractivity contribution in [3.63, 3.8) is 0 Å². The Balaban J connectivity index is 1.59. The fraction of sp³-hybridized carbons (Fsp3) is 0.692. The Kier molecular flexibility index (Phi) is 4.16. The summed E-state index contributed by atoms with van der Waals surface area (Å²) in [6.45, 7) is 9.87. The Morgan fingerprint density at radius 1 is 1.24 bits per heavy atom. The maximum Gasteiger partial charge on any atom is 0.243 e. The van der Waals surface area contributed by atoms with E-state index in [9.17, 15) is 0 Å². The second-order valence-corrected chi connectivity index (χ2v) is 5.96. The predicted octanol–water partition coefficient (Wildman–Crippen LogP) is 1.68. The number of anilines is 1. The Bertz CT molecular complexity index is 589. The minimum atomic E-state index is 0.161. The molecule has 7 nitrogen and oxygen atoms in total. The Labute approximate surface area is 128 Å². The Hall–Kier alpha value is -1.54. The van der Waals surface area contributed by atoms with Crippen LogP contribution in [0.25, 0.3) is 0 Å². The summed E-state index contributed by atoms with van der Waals surface area (Å²) in [5, 5.41) is 4.90. The van der Waals surface area contributed by atoms with Gasteiger partial charge in [0.25, 0.3) is 0 Å². The first-order chi connectivity index (χ1) is 10.2. The first-order valence-corrected chi connectivity index (χ1v) is 8.06. The van der Waals surface area contributed by atoms with Crippen LogP contribution in [0.2, 0.25) is 0 Å². The van der Waals surface area contributed by atoms with Crippen molar-refractivity contribution in [2.24, 2.45) is 0 Å². The van der Waals surface area contributed by atoms with Gasteiger partial charge >= 0.3 is 0 Å². The number of aromatic nitrogens is 4. The largest absolute Gasteiger partial charge is 0.344 e. The van der Waals surface area contributed by atoms with Crippen molar-refractivity contribution in [2.45, 2.75) is 33.2 Å². The van der Waals surface area contributed by atoms with Crippen molar-refractivity contribution in [2.75, 3.05) is 31.1 Å². The van der Waals surface area contributed by atoms with E-state index in [2.05, 4.69) is 43.1 Å². The van der Waals surface area contributed by atoms with Gasteiger partial charge < -0.3 is 9.42 Å². The lowest BCUT2D eigenvalue weighted by Crippen LogP contribution is -2.47. The summed E-state index contributed by atoms with van der Waals surface area (Å²) in [5.74, 6) is 2.33. The topological polar surface area (TPSA) is 71.2 Å². The summed E-state index contributed by atoms with van der Waals surface area (Å²) in [5.41, 5.74) is 0. The van der Waals surface area contributed by atoms with E-state index in [4.69, 9.17) is 4.52 Å². The van der Waals surface area contributed by atoms with Crippen molar-refractivity contribution in [1.82, 2.24) is 24.4 Å². The standard InChI is InChI=1S/C13H20N6OS/c1-4-11-15-13(21-17-11)19-7-5-18(6-8-19)9(2)12-14-10(3)16-20-12/h9H,4-8H2,1-3H3. The van der Waals surface area contributed by atoms with Crippen molar-refractivity contribution in [3.8, 4) is 0 Å². The molecule has 2 aromatic rings. The molecule has 0 N–H and O–H groups in total. The summed E-state index contributed by atoms with van der Waals surface area (Å²) in [6, 6.07) is 0.161. The fourth-order valence-electron chi connectivity index (χ4n) is 2.46. The number of piperazine rings is 1. The van der Waals surface area contributed by atoms with E-state index in [1.54, 1.807) is 0 Å². The van der Waals surface area contributed by atoms with Crippen molar-refractivity contribution < 1.29 is 4.52 Å². The van der Waals surface area contributed by atoms with Gasteiger partial charge in [0.05, 0.1) is 6.04 Å². The number of hydrogen-bond donors (Lipinski definition) is 0. The molecule has 0 spiro atoms. The van der Waals surface area contributed by atoms with Crippen molar-refractivity contribution >= 4 is 16.7 Å². The zero-order valence-electron chi connectivity index (χ0n) is 12.6. The molecule has 0 radical (unpaired) electrons. The lowest BCUT2D eigenvalue weighted by Gasteiger charge is -2.36. The van der Waals surface area contributed by atoms with Crippen LogP contribution < -0.4 is 4.90 Å². The molecule has 2 aromatic heterocycles. The van der Waals surface area contributed by atoms with Crippen LogP contribution >= 0.6 is 11.5 Å². The minimum Gasteiger partial charge on any atom is -0.344 e. The molecule has 1 saturated heterocycles. The van der Waals surface area contributed by atoms with Gasteiger partial charge in [-0.1, -0.05) is 12.1 Å². The molecule has 21 heavy (non-hydrogen) atoms. The summed E-state index contributed by atoms with van der Waals surface area (Å²) in [4.78, 5) is 13.6. The third kappa shape index (κ3) is 3.06. The second kappa shape index (κ2) is 6.07. The second-order valence-electron chi connectivity index (χ2n) is 5.23. The highest BCUT2D eigenvalue weighted by Crippen LogP contribution is 2.23. The lowest BCUT2D eigenvalue weighted by molar-refractivity contribution is 0.164. The van der Waals surface area contributed by atoms with Gasteiger partial charge in [0.15, 0.2) is 5.82 Å². The molecule has 114 valence electrons. The number of nitrogens with zero attached hydrogens (tertiary/aromatic N) is 6. The third-order valence-electron chi connectivity index (χ3n) is 3.81. The molecular weight excluding hydrogens is 288 g/mol. The van der Waals surface area contributed by atoms with Crippen LogP contribution in [-0.4, -0.2) is 50.6 Å². The van der Waals surface area contributed by atoms with Crippen LogP contribution in [0.15, 0.2) is 4.52 Å². The van der Waals surface area contributed by atoms with Crippen molar-refractivity contribution in [1.29, 1.82) is 0 Å². The highest BCUT2D eigenvalue weighted by molar-refractivity contribution is 7.09. The number of rotatable bonds is 4. The van der Waals surface area contributed by atoms with E-state index in [-0.39, 0.29) is 6.04 Å². The van der Waals surface area contributed by atoms with Crippen LogP contribution in [0.5, 0.6) is 0 Å². The van der Waals surface area contributed by atoms with Crippen LogP contribution in [0.4, 0.5) is 5.13 Å². The quantitative estimate of drug-likeness (QED) is 0.851. The van der Waals surface area contributed by atoms with Gasteiger partial charge in [-0.25, -0.2) is 4.98 Å². The molecular formula is C13H20N6OS. The predicted molar refractivity (Wildman–Crippen MR) is 80.5 cm³/mol. The number of aryl methyl sites for hydroxylation is 2. The van der Waals surface area contributed by atoms with E-state index in [0.29, 0.717) is 11.7 Å². The van der Waals surface area contributed by atoms with E-state index < -0.39 is 0 Å². The summed E-state index contributed by atoms with van der Waals surface area (Å²) < 4.78 is 9.63. The third-order valence-corrected chi connectivity index (χ3v) is 4.62. The lowest BCUT2D eigenvalue weighted by atomic mass is 10.2. The first-order valence-electron chi connectivity index (χ1n) is 7.29. The van der Waals surface area contributed by atoms with E-state index in [1.807, 2.05) is 6.92 Å². The van der Waals surface area contributed by atoms with E-state index in [0.717, 1.165) is 43.6 Å². The molecule has 1 unspecified atom stereocenters. The summed E-state index contributed by atoms with van der Waals surface area (Å²) >= 11 is 1.50. The van der Waals surface area contributed by atoms with E-state index in [1.165, 1.54) is 11.5 Å². The molecule has 0 aromatic carbocycles. The van der Waals surface area contributed by atoms with Gasteiger partial charge in [0, 0.05) is 44.1 Å². The molecule has 0 aliphatic carbocycles. The molecule has 3 rings (SSSR count). The summed E-state index contributed by atoms with van der Waals surface area (Å²) in [7, 11) is 0. The SMILES string of the molecule is CCc1nsc(N2CCN(C(C)c3nc(C)no3)CC2)n1. The number of hydrogen-bond acceptors (Lipinski definition) is 8. The maximum absolute atomic E-state index is 5.27. The Morgan fingerprint density at radius 3 is 2.57 bits per heavy atom. The molecule has 1 atom stereocenters. The van der Waals surface area contributed by atoms with Crippen LogP contribution in [0.1, 0.15) is 37.4 Å². The monoisotopic (exact) mass is 308 g/mol. The van der Waals surface area contributed by atoms with Gasteiger partial charge in [0.2, 0.25) is 11.0 Å². The van der Waals surface area contributed by atoms with Gasteiger partial charge in [-0.15, -0.1) is 0 Å². The van der Waals surface area contributed by atoms with Crippen molar-refractivity contribution in [3.05, 3.63) is 17.5 Å². The molecule has 0 bridgehead atoms. The molecule has 0 amide bonds. The Morgan fingerprint density at radius 2 is 2.00 bits per heavy atom. The van der Waals surface area contributed by atoms with E-state index >= 15 is 0 Å². The van der Waals surface area contributed by atoms with Crippen LogP contribution in [0, 0.1) is 6.92 Å². The van der Waals surface area contributed by atoms with Gasteiger partial charge in [-0.3, -0.25) is 4.90 Å². The maximum atomic E-state index is 5.27.